The molecule has 0 spiro atoms. The molecule has 37 heavy (non-hydrogen) atoms. The van der Waals surface area contributed by atoms with Crippen molar-refractivity contribution in [2.75, 3.05) is 20.1 Å². The highest BCUT2D eigenvalue weighted by molar-refractivity contribution is 6.08. The van der Waals surface area contributed by atoms with Gasteiger partial charge in [-0.3, -0.25) is 19.2 Å². The Balaban J connectivity index is 1.38. The van der Waals surface area contributed by atoms with Gasteiger partial charge >= 0.3 is 5.97 Å². The van der Waals surface area contributed by atoms with Gasteiger partial charge in [0.05, 0.1) is 6.42 Å². The van der Waals surface area contributed by atoms with Crippen LogP contribution in [0.3, 0.4) is 0 Å². The molecule has 10 nitrogen and oxygen atoms in total. The molecule has 0 bridgehead atoms. The van der Waals surface area contributed by atoms with Gasteiger partial charge in [-0.25, -0.2) is 0 Å². The van der Waals surface area contributed by atoms with Crippen LogP contribution < -0.4 is 10.6 Å². The summed E-state index contributed by atoms with van der Waals surface area (Å²) in [6.07, 6.45) is 1.33. The predicted octanol–water partition coefficient (Wildman–Crippen LogP) is 0.774. The van der Waals surface area contributed by atoms with Crippen LogP contribution in [0.1, 0.15) is 42.5 Å². The van der Waals surface area contributed by atoms with E-state index in [2.05, 4.69) is 10.6 Å². The van der Waals surface area contributed by atoms with Crippen molar-refractivity contribution < 1.29 is 29.0 Å². The number of piperazine rings is 1. The van der Waals surface area contributed by atoms with Crippen LogP contribution in [0.5, 0.6) is 0 Å². The highest BCUT2D eigenvalue weighted by atomic mass is 16.6. The lowest BCUT2D eigenvalue weighted by atomic mass is 9.93. The van der Waals surface area contributed by atoms with Crippen LogP contribution in [0.4, 0.5) is 0 Å². The number of nitrogens with one attached hydrogen (secondary N) is 2. The van der Waals surface area contributed by atoms with Gasteiger partial charge in [0.2, 0.25) is 18.1 Å². The minimum atomic E-state index is -1.41. The molecule has 0 aliphatic carbocycles. The zero-order valence-electron chi connectivity index (χ0n) is 20.8. The number of esters is 1. The second kappa shape index (κ2) is 10.5. The van der Waals surface area contributed by atoms with E-state index in [1.165, 1.54) is 0 Å². The van der Waals surface area contributed by atoms with Crippen LogP contribution in [-0.2, 0) is 19.1 Å². The van der Waals surface area contributed by atoms with Crippen molar-refractivity contribution in [3.05, 3.63) is 48.0 Å². The maximum absolute atomic E-state index is 13.9. The Bertz CT molecular complexity index is 1210. The summed E-state index contributed by atoms with van der Waals surface area (Å²) in [7, 11) is 1.90. The number of hydrogen-bond donors (Lipinski definition) is 3. The molecule has 3 saturated heterocycles. The van der Waals surface area contributed by atoms with E-state index in [9.17, 15) is 24.3 Å². The first kappa shape index (κ1) is 25.2. The lowest BCUT2D eigenvalue weighted by molar-refractivity contribution is -0.156. The van der Waals surface area contributed by atoms with Crippen LogP contribution in [-0.4, -0.2) is 89.2 Å². The van der Waals surface area contributed by atoms with E-state index in [4.69, 9.17) is 4.74 Å². The minimum Gasteiger partial charge on any atom is -0.434 e. The minimum absolute atomic E-state index is 0.128. The van der Waals surface area contributed by atoms with Gasteiger partial charge in [0.15, 0.2) is 0 Å². The maximum atomic E-state index is 13.9. The molecule has 3 fully saturated rings. The van der Waals surface area contributed by atoms with E-state index >= 15 is 0 Å². The lowest BCUT2D eigenvalue weighted by Crippen LogP contribution is -2.67. The second-order valence-electron chi connectivity index (χ2n) is 10.2. The number of amides is 3. The van der Waals surface area contributed by atoms with Crippen molar-refractivity contribution in [1.82, 2.24) is 20.4 Å². The Labute approximate surface area is 214 Å². The predicted molar refractivity (Wildman–Crippen MR) is 134 cm³/mol. The van der Waals surface area contributed by atoms with Crippen LogP contribution in [0, 0.1) is 0 Å². The van der Waals surface area contributed by atoms with Gasteiger partial charge in [0.1, 0.15) is 18.1 Å². The summed E-state index contributed by atoms with van der Waals surface area (Å²) in [5.74, 6) is -1.65. The van der Waals surface area contributed by atoms with Crippen LogP contribution in [0.25, 0.3) is 10.8 Å². The molecule has 3 heterocycles. The van der Waals surface area contributed by atoms with Crippen LogP contribution >= 0.6 is 0 Å². The summed E-state index contributed by atoms with van der Waals surface area (Å²) in [6.45, 7) is 0.919. The van der Waals surface area contributed by atoms with Gasteiger partial charge in [-0.2, -0.15) is 0 Å². The first-order valence-corrected chi connectivity index (χ1v) is 12.8. The average Bonchev–Trinajstić information content (AvgIpc) is 3.19. The van der Waals surface area contributed by atoms with Gasteiger partial charge in [-0.05, 0) is 36.7 Å². The number of likely N-dealkylation sites (N-methyl/N-ethyl adjacent to an activating group) is 1. The largest absolute Gasteiger partial charge is 0.434 e. The Kier molecular flexibility index (Phi) is 7.12. The van der Waals surface area contributed by atoms with Crippen LogP contribution in [0.2, 0.25) is 0 Å². The first-order chi connectivity index (χ1) is 17.8. The molecule has 2 unspecified atom stereocenters. The number of fused-ring (bicyclic) bond motifs is 2. The summed E-state index contributed by atoms with van der Waals surface area (Å²) >= 11 is 0. The second-order valence-corrected chi connectivity index (χ2v) is 10.2. The van der Waals surface area contributed by atoms with Gasteiger partial charge in [0, 0.05) is 24.7 Å². The Hall–Kier alpha value is -3.50. The van der Waals surface area contributed by atoms with Gasteiger partial charge in [0.25, 0.3) is 5.91 Å². The standard InChI is InChI=1S/C27H32N4O6/c1-30-14-17-9-3-5-12-20(28-24(33)19-11-6-8-16-7-2-4-10-18(16)19)26(35)31(17)22(15-30)25(34)29-21-13-23(32)37-27(21)36/h2,4,6-8,10-11,17,20-22,27,36H,3,5,9,12-15H2,1H3,(H,28,33)(H,29,34)/t17-,20-,21?,22-,27?/m0/s1. The molecule has 10 heteroatoms. The van der Waals surface area contributed by atoms with E-state index in [0.717, 1.165) is 30.0 Å². The number of aliphatic hydroxyl groups excluding tert-OH is 1. The molecule has 3 aliphatic rings. The topological polar surface area (TPSA) is 128 Å². The number of rotatable bonds is 4. The number of aliphatic hydroxyl groups is 1. The third kappa shape index (κ3) is 5.17. The fourth-order valence-corrected chi connectivity index (χ4v) is 5.70. The number of hydrogen-bond acceptors (Lipinski definition) is 7. The number of ether oxygens (including phenoxy) is 1. The summed E-state index contributed by atoms with van der Waals surface area (Å²) in [4.78, 5) is 55.8. The number of cyclic esters (lactones) is 1. The van der Waals surface area contributed by atoms with E-state index in [1.54, 1.807) is 11.0 Å². The first-order valence-electron chi connectivity index (χ1n) is 12.8. The maximum Gasteiger partial charge on any atom is 0.310 e. The molecule has 5 rings (SSSR count). The zero-order valence-corrected chi connectivity index (χ0v) is 20.8. The summed E-state index contributed by atoms with van der Waals surface area (Å²) in [5.41, 5.74) is 0.497. The smallest absolute Gasteiger partial charge is 0.310 e. The Morgan fingerprint density at radius 2 is 1.76 bits per heavy atom. The van der Waals surface area contributed by atoms with E-state index < -0.39 is 36.3 Å². The van der Waals surface area contributed by atoms with E-state index in [0.29, 0.717) is 25.1 Å². The third-order valence-corrected chi connectivity index (χ3v) is 7.52. The monoisotopic (exact) mass is 508 g/mol. The van der Waals surface area contributed by atoms with Gasteiger partial charge in [-0.15, -0.1) is 0 Å². The van der Waals surface area contributed by atoms with Gasteiger partial charge in [-0.1, -0.05) is 49.2 Å². The van der Waals surface area contributed by atoms with Gasteiger partial charge < -0.3 is 30.3 Å². The van der Waals surface area contributed by atoms with Crippen molar-refractivity contribution in [2.24, 2.45) is 0 Å². The highest BCUT2D eigenvalue weighted by Crippen LogP contribution is 2.26. The molecule has 3 amide bonds. The molecular weight excluding hydrogens is 476 g/mol. The molecule has 3 N–H and O–H groups in total. The van der Waals surface area contributed by atoms with Crippen molar-refractivity contribution in [3.63, 3.8) is 0 Å². The molecule has 2 aromatic carbocycles. The van der Waals surface area contributed by atoms with Crippen LogP contribution in [0.15, 0.2) is 42.5 Å². The Morgan fingerprint density at radius 3 is 2.54 bits per heavy atom. The molecule has 0 aromatic heterocycles. The van der Waals surface area contributed by atoms with Crippen molar-refractivity contribution >= 4 is 34.5 Å². The number of carbonyl (C=O) groups is 4. The molecule has 3 aliphatic heterocycles. The molecule has 2 aromatic rings. The Morgan fingerprint density at radius 1 is 1.00 bits per heavy atom. The lowest BCUT2D eigenvalue weighted by Gasteiger charge is -2.47. The van der Waals surface area contributed by atoms with Crippen molar-refractivity contribution in [2.45, 2.75) is 62.6 Å². The average molecular weight is 509 g/mol. The third-order valence-electron chi connectivity index (χ3n) is 7.52. The zero-order chi connectivity index (χ0) is 26.1. The molecular formula is C27H32N4O6. The highest BCUT2D eigenvalue weighted by Gasteiger charge is 2.45. The SMILES string of the molecule is CN1C[C@@H]2CCCC[C@H](NC(=O)c3cccc4ccccc34)C(=O)N2[C@H](C(=O)NC2CC(=O)OC2O)C1. The molecule has 0 radical (unpaired) electrons. The van der Waals surface area contributed by atoms with E-state index in [-0.39, 0.29) is 24.3 Å². The fraction of sp³-hybridized carbons (Fsp3) is 0.481. The molecule has 196 valence electrons. The van der Waals surface area contributed by atoms with E-state index in [1.807, 2.05) is 48.3 Å². The van der Waals surface area contributed by atoms with Crippen molar-refractivity contribution in [3.8, 4) is 0 Å². The number of carbonyl (C=O) groups excluding carboxylic acids is 4. The quantitative estimate of drug-likeness (QED) is 0.521. The number of benzene rings is 2. The van der Waals surface area contributed by atoms with Crippen molar-refractivity contribution in [1.29, 1.82) is 0 Å². The fourth-order valence-electron chi connectivity index (χ4n) is 5.70. The normalized spacial score (nSPS) is 28.7. The number of nitrogens with zero attached hydrogens (tertiary/aromatic N) is 2. The summed E-state index contributed by atoms with van der Waals surface area (Å²) in [6, 6.07) is 10.5. The molecule has 0 saturated carbocycles. The summed E-state index contributed by atoms with van der Waals surface area (Å²) < 4.78 is 4.74. The molecule has 5 atom stereocenters. The summed E-state index contributed by atoms with van der Waals surface area (Å²) in [5, 5.41) is 17.4.